The highest BCUT2D eigenvalue weighted by Gasteiger charge is 2.16. The van der Waals surface area contributed by atoms with Crippen LogP contribution in [0.1, 0.15) is 19.4 Å². The van der Waals surface area contributed by atoms with E-state index in [1.807, 2.05) is 60.9 Å². The first-order valence-corrected chi connectivity index (χ1v) is 8.05. The van der Waals surface area contributed by atoms with Crippen LogP contribution in [0.4, 0.5) is 0 Å². The zero-order chi connectivity index (χ0) is 18.0. The molecule has 2 aromatic carbocycles. The number of carbonyl (C=O) groups excluding carboxylic acids is 1. The van der Waals surface area contributed by atoms with E-state index in [4.69, 9.17) is 11.3 Å². The van der Waals surface area contributed by atoms with Crippen LogP contribution in [0, 0.1) is 0 Å². The first kappa shape index (κ1) is 16.6. The normalized spacial score (nSPS) is 11.6. The summed E-state index contributed by atoms with van der Waals surface area (Å²) in [6.45, 7) is 4.14. The first-order valence-electron chi connectivity index (χ1n) is 8.05. The van der Waals surface area contributed by atoms with E-state index in [0.29, 0.717) is 0 Å². The number of carbonyl (C=O) groups is 1. The number of nitrogens with one attached hydrogen (secondary N) is 1. The van der Waals surface area contributed by atoms with E-state index < -0.39 is 0 Å². The number of aromatic nitrogens is 1. The Morgan fingerprint density at radius 2 is 1.92 bits per heavy atom. The maximum absolute atomic E-state index is 12.3. The molecule has 0 spiro atoms. The van der Waals surface area contributed by atoms with Crippen LogP contribution in [0.2, 0.25) is 0 Å². The number of benzene rings is 2. The zero-order valence-corrected chi connectivity index (χ0v) is 14.2. The maximum atomic E-state index is 12.3. The van der Waals surface area contributed by atoms with Crippen LogP contribution in [-0.2, 0) is 11.3 Å². The lowest BCUT2D eigenvalue weighted by Gasteiger charge is -2.11. The Kier molecular flexibility index (Phi) is 4.47. The fourth-order valence-corrected chi connectivity index (χ4v) is 3.01. The molecule has 1 amide bonds. The van der Waals surface area contributed by atoms with E-state index in [9.17, 15) is 4.79 Å². The molecule has 5 N–H and O–H groups in total. The van der Waals surface area contributed by atoms with Crippen LogP contribution in [0.25, 0.3) is 21.8 Å². The first-order chi connectivity index (χ1) is 12.0. The Labute approximate surface area is 145 Å². The summed E-state index contributed by atoms with van der Waals surface area (Å²) in [6.07, 6.45) is 0. The van der Waals surface area contributed by atoms with Gasteiger partial charge in [-0.15, -0.1) is 0 Å². The number of hydrogen-bond acceptors (Lipinski definition) is 2. The summed E-state index contributed by atoms with van der Waals surface area (Å²) >= 11 is 0. The van der Waals surface area contributed by atoms with Gasteiger partial charge in [0.25, 0.3) is 0 Å². The predicted octanol–water partition coefficient (Wildman–Crippen LogP) is 1.15. The van der Waals surface area contributed by atoms with E-state index in [1.54, 1.807) is 0 Å². The standard InChI is InChI=1S/C18H20N6O/c1-11(2)21-17(25)10-24-15-6-4-3-5-13(15)14-9-12(7-8-16(14)24)18(19)22-23-20/h3-9,11H,10H2,1-2H3,(H,21,25)(H3,19,20,22)/p+1. The molecule has 128 valence electrons. The molecule has 7 heteroatoms. The highest BCUT2D eigenvalue weighted by atomic mass is 16.2. The minimum atomic E-state index is -0.0234. The molecular formula is C18H21N6O+. The Balaban J connectivity index is 2.15. The Bertz CT molecular complexity index is 986. The van der Waals surface area contributed by atoms with Gasteiger partial charge in [0.15, 0.2) is 0 Å². The fourth-order valence-electron chi connectivity index (χ4n) is 3.01. The molecule has 1 aromatic heterocycles. The molecule has 7 nitrogen and oxygen atoms in total. The van der Waals surface area contributed by atoms with Crippen molar-refractivity contribution < 1.29 is 10.2 Å². The Hall–Kier alpha value is -3.22. The van der Waals surface area contributed by atoms with Gasteiger partial charge in [0.1, 0.15) is 6.54 Å². The third-order valence-electron chi connectivity index (χ3n) is 3.98. The van der Waals surface area contributed by atoms with Gasteiger partial charge in [0.2, 0.25) is 5.91 Å². The third kappa shape index (κ3) is 3.21. The molecule has 0 radical (unpaired) electrons. The van der Waals surface area contributed by atoms with Crippen molar-refractivity contribution in [3.05, 3.63) is 48.0 Å². The lowest BCUT2D eigenvalue weighted by atomic mass is 10.1. The molecule has 0 saturated carbocycles. The molecular weight excluding hydrogens is 316 g/mol. The number of fused-ring (bicyclic) bond motifs is 3. The molecule has 0 saturated heterocycles. The molecule has 25 heavy (non-hydrogen) atoms. The van der Waals surface area contributed by atoms with Crippen LogP contribution < -0.4 is 16.6 Å². The highest BCUT2D eigenvalue weighted by Crippen LogP contribution is 2.29. The second-order valence-corrected chi connectivity index (χ2v) is 6.16. The Morgan fingerprint density at radius 1 is 1.20 bits per heavy atom. The van der Waals surface area contributed by atoms with E-state index in [-0.39, 0.29) is 24.3 Å². The monoisotopic (exact) mass is 337 g/mol. The topological polar surface area (TPSA) is 110 Å². The summed E-state index contributed by atoms with van der Waals surface area (Å²) in [7, 11) is 0. The average molecular weight is 337 g/mol. The van der Waals surface area contributed by atoms with Crippen LogP contribution in [0.15, 0.2) is 52.8 Å². The fraction of sp³-hybridized carbons (Fsp3) is 0.222. The molecule has 1 heterocycles. The second-order valence-electron chi connectivity index (χ2n) is 6.16. The van der Waals surface area contributed by atoms with Gasteiger partial charge in [-0.25, -0.2) is 0 Å². The SMILES string of the molecule is CC(C)NC(=O)Cn1c2ccccc2c2cc(C(=[NH2+])N=NN)ccc21. The van der Waals surface area contributed by atoms with Gasteiger partial charge >= 0.3 is 5.84 Å². The van der Waals surface area contributed by atoms with Crippen LogP contribution in [-0.4, -0.2) is 22.4 Å². The Morgan fingerprint density at radius 3 is 2.64 bits per heavy atom. The third-order valence-corrected chi connectivity index (χ3v) is 3.98. The van der Waals surface area contributed by atoms with Crippen molar-refractivity contribution >= 4 is 33.5 Å². The molecule has 0 atom stereocenters. The molecule has 0 bridgehead atoms. The van der Waals surface area contributed by atoms with Gasteiger partial charge in [-0.3, -0.25) is 16.0 Å². The quantitative estimate of drug-likeness (QED) is 0.218. The summed E-state index contributed by atoms with van der Waals surface area (Å²) < 4.78 is 2.01. The van der Waals surface area contributed by atoms with Gasteiger partial charge < -0.3 is 9.88 Å². The van der Waals surface area contributed by atoms with Crippen molar-refractivity contribution in [3.63, 3.8) is 0 Å². The molecule has 0 fully saturated rings. The predicted molar refractivity (Wildman–Crippen MR) is 97.8 cm³/mol. The van der Waals surface area contributed by atoms with Gasteiger partial charge in [0.05, 0.1) is 10.7 Å². The number of rotatable bonds is 4. The second kappa shape index (κ2) is 6.72. The largest absolute Gasteiger partial charge is 0.352 e. The van der Waals surface area contributed by atoms with E-state index in [2.05, 4.69) is 15.7 Å². The van der Waals surface area contributed by atoms with Crippen molar-refractivity contribution in [1.82, 2.24) is 9.88 Å². The zero-order valence-electron chi connectivity index (χ0n) is 14.2. The van der Waals surface area contributed by atoms with Crippen molar-refractivity contribution in [3.8, 4) is 0 Å². The molecule has 0 unspecified atom stereocenters. The van der Waals surface area contributed by atoms with E-state index >= 15 is 0 Å². The van der Waals surface area contributed by atoms with Crippen LogP contribution >= 0.6 is 0 Å². The molecule has 0 aliphatic rings. The number of amidine groups is 1. The number of nitrogens with two attached hydrogens (primary N) is 2. The number of hydrogen-bond donors (Lipinski definition) is 3. The van der Waals surface area contributed by atoms with Gasteiger partial charge in [-0.05, 0) is 38.1 Å². The van der Waals surface area contributed by atoms with E-state index in [0.717, 1.165) is 27.4 Å². The maximum Gasteiger partial charge on any atom is 0.350 e. The van der Waals surface area contributed by atoms with Crippen molar-refractivity contribution in [1.29, 1.82) is 0 Å². The van der Waals surface area contributed by atoms with E-state index in [1.165, 1.54) is 0 Å². The highest BCUT2D eigenvalue weighted by molar-refractivity contribution is 6.11. The van der Waals surface area contributed by atoms with Crippen LogP contribution in [0.3, 0.4) is 0 Å². The summed E-state index contributed by atoms with van der Waals surface area (Å²) in [5.41, 5.74) is 2.69. The summed E-state index contributed by atoms with van der Waals surface area (Å²) in [5.74, 6) is 5.30. The summed E-state index contributed by atoms with van der Waals surface area (Å²) in [4.78, 5) is 12.3. The number of nitrogens with zero attached hydrogens (tertiary/aromatic N) is 3. The summed E-state index contributed by atoms with van der Waals surface area (Å²) in [5, 5.41) is 17.8. The molecule has 0 aliphatic heterocycles. The van der Waals surface area contributed by atoms with Gasteiger partial charge in [-0.2, -0.15) is 0 Å². The molecule has 3 aromatic rings. The molecule has 3 rings (SSSR count). The lowest BCUT2D eigenvalue weighted by Crippen LogP contribution is -2.38. The minimum absolute atomic E-state index is 0.0234. The van der Waals surface area contributed by atoms with Gasteiger partial charge in [0, 0.05) is 33.1 Å². The van der Waals surface area contributed by atoms with Crippen LogP contribution in [0.5, 0.6) is 0 Å². The number of para-hydroxylation sites is 1. The van der Waals surface area contributed by atoms with Crippen molar-refractivity contribution in [2.24, 2.45) is 16.2 Å². The summed E-state index contributed by atoms with van der Waals surface area (Å²) in [6, 6.07) is 13.8. The minimum Gasteiger partial charge on any atom is -0.352 e. The van der Waals surface area contributed by atoms with Gasteiger partial charge in [-0.1, -0.05) is 18.2 Å². The average Bonchev–Trinajstić information content (AvgIpc) is 2.88. The van der Waals surface area contributed by atoms with Crippen molar-refractivity contribution in [2.45, 2.75) is 26.4 Å². The smallest absolute Gasteiger partial charge is 0.350 e. The number of amides is 1. The lowest BCUT2D eigenvalue weighted by molar-refractivity contribution is -0.122. The van der Waals surface area contributed by atoms with Crippen molar-refractivity contribution in [2.75, 3.05) is 0 Å². The molecule has 0 aliphatic carbocycles.